The highest BCUT2D eigenvalue weighted by Gasteiger charge is 2.15. The van der Waals surface area contributed by atoms with Crippen molar-refractivity contribution in [1.29, 1.82) is 0 Å². The molecule has 4 heteroatoms. The summed E-state index contributed by atoms with van der Waals surface area (Å²) < 4.78 is 11.7. The predicted molar refractivity (Wildman–Crippen MR) is 49.3 cm³/mol. The molecule has 1 fully saturated rings. The third kappa shape index (κ3) is 3.72. The number of hydrogen-bond donors (Lipinski definition) is 1. The van der Waals surface area contributed by atoms with Gasteiger partial charge in [0.05, 0.1) is 6.54 Å². The Kier molecular flexibility index (Phi) is 4.75. The Bertz CT molecular complexity index is 158. The van der Waals surface area contributed by atoms with E-state index in [1.165, 1.54) is 6.42 Å². The van der Waals surface area contributed by atoms with E-state index < -0.39 is 6.67 Å². The first-order chi connectivity index (χ1) is 6.34. The third-order valence-corrected chi connectivity index (χ3v) is 2.26. The Morgan fingerprint density at radius 3 is 2.62 bits per heavy atom. The van der Waals surface area contributed by atoms with Crippen LogP contribution in [0.25, 0.3) is 0 Å². The maximum absolute atomic E-state index is 11.7. The number of amides is 1. The zero-order valence-electron chi connectivity index (χ0n) is 7.89. The van der Waals surface area contributed by atoms with Crippen molar-refractivity contribution in [1.82, 2.24) is 10.2 Å². The summed E-state index contributed by atoms with van der Waals surface area (Å²) in [6.07, 6.45) is 3.44. The lowest BCUT2D eigenvalue weighted by molar-refractivity contribution is -0.131. The van der Waals surface area contributed by atoms with Crippen LogP contribution in [0.4, 0.5) is 4.39 Å². The van der Waals surface area contributed by atoms with E-state index >= 15 is 0 Å². The molecule has 1 aliphatic heterocycles. The Morgan fingerprint density at radius 1 is 1.31 bits per heavy atom. The lowest BCUT2D eigenvalue weighted by Crippen LogP contribution is -2.41. The zero-order chi connectivity index (χ0) is 9.52. The van der Waals surface area contributed by atoms with Gasteiger partial charge in [-0.3, -0.25) is 4.79 Å². The van der Waals surface area contributed by atoms with Gasteiger partial charge in [0.15, 0.2) is 0 Å². The van der Waals surface area contributed by atoms with E-state index in [0.717, 1.165) is 25.9 Å². The highest BCUT2D eigenvalue weighted by atomic mass is 19.1. The summed E-state index contributed by atoms with van der Waals surface area (Å²) in [6.45, 7) is 1.89. The van der Waals surface area contributed by atoms with Gasteiger partial charge in [0.2, 0.25) is 5.91 Å². The first kappa shape index (κ1) is 10.4. The van der Waals surface area contributed by atoms with Crippen molar-refractivity contribution in [3.05, 3.63) is 0 Å². The highest BCUT2D eigenvalue weighted by Crippen LogP contribution is 2.07. The third-order valence-electron chi connectivity index (χ3n) is 2.26. The van der Waals surface area contributed by atoms with Gasteiger partial charge in [0.25, 0.3) is 0 Å². The number of piperidine rings is 1. The number of carbonyl (C=O) groups excluding carboxylic acids is 1. The van der Waals surface area contributed by atoms with Gasteiger partial charge >= 0.3 is 0 Å². The average molecular weight is 188 g/mol. The van der Waals surface area contributed by atoms with Crippen LogP contribution in [0.1, 0.15) is 19.3 Å². The van der Waals surface area contributed by atoms with Crippen LogP contribution < -0.4 is 5.32 Å². The quantitative estimate of drug-likeness (QED) is 0.654. The molecule has 1 saturated heterocycles. The Balaban J connectivity index is 2.13. The molecule has 13 heavy (non-hydrogen) atoms. The van der Waals surface area contributed by atoms with Crippen molar-refractivity contribution in [2.24, 2.45) is 0 Å². The average Bonchev–Trinajstić information content (AvgIpc) is 2.19. The summed E-state index contributed by atoms with van der Waals surface area (Å²) in [5.74, 6) is 0.105. The summed E-state index contributed by atoms with van der Waals surface area (Å²) in [7, 11) is 0. The molecule has 1 heterocycles. The van der Waals surface area contributed by atoms with E-state index in [9.17, 15) is 9.18 Å². The minimum Gasteiger partial charge on any atom is -0.342 e. The number of alkyl halides is 1. The number of likely N-dealkylation sites (tertiary alicyclic amines) is 1. The lowest BCUT2D eigenvalue weighted by Gasteiger charge is -2.26. The van der Waals surface area contributed by atoms with Crippen LogP contribution in [0.2, 0.25) is 0 Å². The van der Waals surface area contributed by atoms with E-state index in [2.05, 4.69) is 5.32 Å². The highest BCUT2D eigenvalue weighted by molar-refractivity contribution is 5.78. The molecule has 0 radical (unpaired) electrons. The second-order valence-corrected chi connectivity index (χ2v) is 3.31. The molecule has 0 aromatic heterocycles. The number of nitrogens with one attached hydrogen (secondary N) is 1. The van der Waals surface area contributed by atoms with Crippen LogP contribution in [-0.4, -0.2) is 43.7 Å². The molecular formula is C9H17FN2O. The van der Waals surface area contributed by atoms with Crippen LogP contribution in [0.3, 0.4) is 0 Å². The van der Waals surface area contributed by atoms with Gasteiger partial charge in [-0.25, -0.2) is 4.39 Å². The lowest BCUT2D eigenvalue weighted by atomic mass is 10.1. The molecule has 0 unspecified atom stereocenters. The van der Waals surface area contributed by atoms with Gasteiger partial charge in [-0.1, -0.05) is 0 Å². The molecule has 1 amide bonds. The van der Waals surface area contributed by atoms with Crippen molar-refractivity contribution in [2.75, 3.05) is 32.9 Å². The minimum atomic E-state index is -0.409. The second kappa shape index (κ2) is 5.91. The van der Waals surface area contributed by atoms with Gasteiger partial charge in [-0.15, -0.1) is 0 Å². The van der Waals surface area contributed by atoms with Crippen molar-refractivity contribution in [2.45, 2.75) is 19.3 Å². The summed E-state index contributed by atoms with van der Waals surface area (Å²) >= 11 is 0. The Hall–Kier alpha value is -0.640. The molecule has 0 spiro atoms. The number of carbonyl (C=O) groups is 1. The van der Waals surface area contributed by atoms with Gasteiger partial charge < -0.3 is 10.2 Å². The van der Waals surface area contributed by atoms with E-state index in [1.54, 1.807) is 0 Å². The molecule has 0 saturated carbocycles. The molecule has 0 atom stereocenters. The van der Waals surface area contributed by atoms with Gasteiger partial charge in [0.1, 0.15) is 6.67 Å². The van der Waals surface area contributed by atoms with E-state index in [4.69, 9.17) is 0 Å². The van der Waals surface area contributed by atoms with Gasteiger partial charge in [-0.05, 0) is 19.3 Å². The van der Waals surface area contributed by atoms with Crippen LogP contribution in [0.15, 0.2) is 0 Å². The fraction of sp³-hybridized carbons (Fsp3) is 0.889. The maximum atomic E-state index is 11.7. The largest absolute Gasteiger partial charge is 0.342 e. The van der Waals surface area contributed by atoms with Crippen LogP contribution in [0.5, 0.6) is 0 Å². The van der Waals surface area contributed by atoms with Crippen molar-refractivity contribution < 1.29 is 9.18 Å². The molecule has 0 bridgehead atoms. The van der Waals surface area contributed by atoms with E-state index in [0.29, 0.717) is 0 Å². The molecule has 1 N–H and O–H groups in total. The zero-order valence-corrected chi connectivity index (χ0v) is 7.89. The molecule has 0 aromatic carbocycles. The van der Waals surface area contributed by atoms with Crippen molar-refractivity contribution in [3.63, 3.8) is 0 Å². The molecule has 3 nitrogen and oxygen atoms in total. The summed E-state index contributed by atoms with van der Waals surface area (Å²) in [5.41, 5.74) is 0. The molecule has 1 aliphatic rings. The number of nitrogens with zero attached hydrogens (tertiary/aromatic N) is 1. The first-order valence-electron chi connectivity index (χ1n) is 4.89. The fourth-order valence-corrected chi connectivity index (χ4v) is 1.52. The van der Waals surface area contributed by atoms with Crippen molar-refractivity contribution in [3.8, 4) is 0 Å². The SMILES string of the molecule is O=C(CNCCF)N1CCCCC1. The van der Waals surface area contributed by atoms with E-state index in [-0.39, 0.29) is 19.0 Å². The predicted octanol–water partition coefficient (Wildman–Crippen LogP) is 0.558. The summed E-state index contributed by atoms with van der Waals surface area (Å²) in [4.78, 5) is 13.3. The summed E-state index contributed by atoms with van der Waals surface area (Å²) in [6, 6.07) is 0. The standard InChI is InChI=1S/C9H17FN2O/c10-4-5-11-8-9(13)12-6-2-1-3-7-12/h11H,1-8H2. The normalized spacial score (nSPS) is 17.5. The second-order valence-electron chi connectivity index (χ2n) is 3.31. The minimum absolute atomic E-state index is 0.105. The number of halogens is 1. The van der Waals surface area contributed by atoms with Crippen LogP contribution in [0, 0.1) is 0 Å². The van der Waals surface area contributed by atoms with Gasteiger partial charge in [0, 0.05) is 19.6 Å². The van der Waals surface area contributed by atoms with E-state index in [1.807, 2.05) is 4.90 Å². The monoisotopic (exact) mass is 188 g/mol. The molecule has 76 valence electrons. The van der Waals surface area contributed by atoms with Crippen molar-refractivity contribution >= 4 is 5.91 Å². The molecule has 1 rings (SSSR count). The van der Waals surface area contributed by atoms with Crippen LogP contribution >= 0.6 is 0 Å². The summed E-state index contributed by atoms with van der Waals surface area (Å²) in [5, 5.41) is 2.77. The Morgan fingerprint density at radius 2 is 2.00 bits per heavy atom. The first-order valence-corrected chi connectivity index (χ1v) is 4.89. The molecule has 0 aliphatic carbocycles. The Labute approximate surface area is 78.3 Å². The van der Waals surface area contributed by atoms with Gasteiger partial charge in [-0.2, -0.15) is 0 Å². The fourth-order valence-electron chi connectivity index (χ4n) is 1.52. The maximum Gasteiger partial charge on any atom is 0.236 e. The topological polar surface area (TPSA) is 32.3 Å². The van der Waals surface area contributed by atoms with Crippen LogP contribution in [-0.2, 0) is 4.79 Å². The molecule has 0 aromatic rings. The number of rotatable bonds is 4. The number of hydrogen-bond acceptors (Lipinski definition) is 2. The smallest absolute Gasteiger partial charge is 0.236 e. The molecular weight excluding hydrogens is 171 g/mol.